The number of aliphatic hydroxyl groups is 1. The summed E-state index contributed by atoms with van der Waals surface area (Å²) in [4.78, 5) is 2.37. The van der Waals surface area contributed by atoms with Crippen molar-refractivity contribution in [1.29, 1.82) is 0 Å². The number of ether oxygens (including phenoxy) is 1. The number of benzene rings is 3. The molecule has 0 aromatic heterocycles. The first-order chi connectivity index (χ1) is 15.8. The van der Waals surface area contributed by atoms with Crippen molar-refractivity contribution in [3.05, 3.63) is 119 Å². The minimum absolute atomic E-state index is 0.122. The van der Waals surface area contributed by atoms with Gasteiger partial charge in [-0.2, -0.15) is 0 Å². The lowest BCUT2D eigenvalue weighted by Crippen LogP contribution is -2.46. The predicted octanol–water partition coefficient (Wildman–Crippen LogP) is 5.75. The van der Waals surface area contributed by atoms with E-state index in [0.717, 1.165) is 43.5 Å². The molecule has 3 aromatic rings. The quantitative estimate of drug-likeness (QED) is 0.396. The maximum atomic E-state index is 11.4. The molecule has 1 N–H and O–H groups in total. The molecular weight excluding hydrogens is 394 g/mol. The minimum atomic E-state index is -0.527. The van der Waals surface area contributed by atoms with Crippen molar-refractivity contribution < 1.29 is 9.84 Å². The monoisotopic (exact) mass is 427 g/mol. The highest BCUT2D eigenvalue weighted by molar-refractivity contribution is 5.20. The third kappa shape index (κ3) is 6.39. The van der Waals surface area contributed by atoms with E-state index in [1.54, 1.807) is 0 Å². The smallest absolute Gasteiger partial charge is 0.0928 e. The maximum Gasteiger partial charge on any atom is 0.0928 e. The molecule has 0 aliphatic heterocycles. The van der Waals surface area contributed by atoms with E-state index < -0.39 is 6.10 Å². The summed E-state index contributed by atoms with van der Waals surface area (Å²) in [6, 6.07) is 31.1. The molecular formula is C29H33NO2. The molecule has 0 saturated carbocycles. The molecule has 4 rings (SSSR count). The van der Waals surface area contributed by atoms with Gasteiger partial charge in [0.05, 0.1) is 25.4 Å². The summed E-state index contributed by atoms with van der Waals surface area (Å²) < 4.78 is 6.19. The molecule has 1 aliphatic carbocycles. The number of nitrogens with zero attached hydrogens (tertiary/aromatic N) is 1. The number of hydrogen-bond acceptors (Lipinski definition) is 3. The molecule has 0 spiro atoms. The van der Waals surface area contributed by atoms with E-state index in [9.17, 15) is 5.11 Å². The zero-order chi connectivity index (χ0) is 22.0. The summed E-state index contributed by atoms with van der Waals surface area (Å²) in [5.41, 5.74) is 4.79. The molecule has 3 heteroatoms. The average Bonchev–Trinajstić information content (AvgIpc) is 3.38. The summed E-state index contributed by atoms with van der Waals surface area (Å²) in [5, 5.41) is 11.4. The SMILES string of the molecule is O[C@@H](C1=CCCC1)[C@H](COCc1ccccc1)N(Cc1ccccc1)Cc1ccccc1. The Balaban J connectivity index is 1.56. The Bertz CT molecular complexity index is 915. The molecule has 0 radical (unpaired) electrons. The second-order valence-corrected chi connectivity index (χ2v) is 8.56. The lowest BCUT2D eigenvalue weighted by Gasteiger charge is -2.35. The van der Waals surface area contributed by atoms with Gasteiger partial charge in [-0.1, -0.05) is 97.1 Å². The van der Waals surface area contributed by atoms with Crippen LogP contribution in [-0.4, -0.2) is 28.8 Å². The number of aliphatic hydroxyl groups excluding tert-OH is 1. The van der Waals surface area contributed by atoms with Gasteiger partial charge in [0.15, 0.2) is 0 Å². The second kappa shape index (κ2) is 11.8. The second-order valence-electron chi connectivity index (χ2n) is 8.56. The summed E-state index contributed by atoms with van der Waals surface area (Å²) in [7, 11) is 0. The van der Waals surface area contributed by atoms with E-state index in [2.05, 4.69) is 71.6 Å². The van der Waals surface area contributed by atoms with Crippen molar-refractivity contribution in [3.63, 3.8) is 0 Å². The van der Waals surface area contributed by atoms with Gasteiger partial charge < -0.3 is 9.84 Å². The van der Waals surface area contributed by atoms with E-state index in [1.165, 1.54) is 11.1 Å². The molecule has 0 amide bonds. The van der Waals surface area contributed by atoms with Gasteiger partial charge in [-0.05, 0) is 41.5 Å². The fourth-order valence-electron chi connectivity index (χ4n) is 4.41. The summed E-state index contributed by atoms with van der Waals surface area (Å²) in [6.45, 7) is 2.56. The fraction of sp³-hybridized carbons (Fsp3) is 0.310. The Labute approximate surface area is 192 Å². The first kappa shape index (κ1) is 22.5. The van der Waals surface area contributed by atoms with Gasteiger partial charge in [0.25, 0.3) is 0 Å². The zero-order valence-corrected chi connectivity index (χ0v) is 18.6. The molecule has 0 fully saturated rings. The van der Waals surface area contributed by atoms with Crippen molar-refractivity contribution in [3.8, 4) is 0 Å². The van der Waals surface area contributed by atoms with Crippen LogP contribution in [0.3, 0.4) is 0 Å². The molecule has 0 heterocycles. The standard InChI is InChI=1S/C29H33NO2/c31-29(27-18-10-11-19-27)28(23-32-22-26-16-8-3-9-17-26)30(20-24-12-4-1-5-13-24)21-25-14-6-2-7-15-25/h1-9,12-18,28-29,31H,10-11,19-23H2/t28-,29-/m0/s1. The Morgan fingerprint density at radius 1 is 0.750 bits per heavy atom. The largest absolute Gasteiger partial charge is 0.387 e. The third-order valence-corrected chi connectivity index (χ3v) is 6.15. The third-order valence-electron chi connectivity index (χ3n) is 6.15. The van der Waals surface area contributed by atoms with E-state index in [-0.39, 0.29) is 6.04 Å². The zero-order valence-electron chi connectivity index (χ0n) is 18.6. The first-order valence-electron chi connectivity index (χ1n) is 11.6. The van der Waals surface area contributed by atoms with Crippen LogP contribution in [0.1, 0.15) is 36.0 Å². The van der Waals surface area contributed by atoms with Crippen molar-refractivity contribution in [1.82, 2.24) is 4.90 Å². The van der Waals surface area contributed by atoms with Crippen molar-refractivity contribution in [2.75, 3.05) is 6.61 Å². The van der Waals surface area contributed by atoms with Crippen LogP contribution < -0.4 is 0 Å². The van der Waals surface area contributed by atoms with Gasteiger partial charge in [0, 0.05) is 13.1 Å². The predicted molar refractivity (Wildman–Crippen MR) is 130 cm³/mol. The maximum absolute atomic E-state index is 11.4. The Morgan fingerprint density at radius 2 is 1.28 bits per heavy atom. The van der Waals surface area contributed by atoms with Crippen LogP contribution in [0, 0.1) is 0 Å². The molecule has 166 valence electrons. The highest BCUT2D eigenvalue weighted by Gasteiger charge is 2.30. The summed E-state index contributed by atoms with van der Waals surface area (Å²) in [6.07, 6.45) is 4.85. The van der Waals surface area contributed by atoms with Crippen LogP contribution in [0.2, 0.25) is 0 Å². The molecule has 0 saturated heterocycles. The van der Waals surface area contributed by atoms with Gasteiger partial charge in [-0.15, -0.1) is 0 Å². The van der Waals surface area contributed by atoms with Gasteiger partial charge in [-0.25, -0.2) is 0 Å². The normalized spacial score (nSPS) is 15.5. The van der Waals surface area contributed by atoms with Crippen LogP contribution in [0.15, 0.2) is 103 Å². The van der Waals surface area contributed by atoms with Crippen LogP contribution in [0.5, 0.6) is 0 Å². The number of hydrogen-bond donors (Lipinski definition) is 1. The highest BCUT2D eigenvalue weighted by atomic mass is 16.5. The van der Waals surface area contributed by atoms with Crippen LogP contribution in [0.4, 0.5) is 0 Å². The lowest BCUT2D eigenvalue weighted by atomic mass is 9.99. The van der Waals surface area contributed by atoms with Gasteiger partial charge in [0.1, 0.15) is 0 Å². The van der Waals surface area contributed by atoms with Gasteiger partial charge in [0.2, 0.25) is 0 Å². The van der Waals surface area contributed by atoms with E-state index in [0.29, 0.717) is 13.2 Å². The Morgan fingerprint density at radius 3 is 1.78 bits per heavy atom. The molecule has 3 nitrogen and oxygen atoms in total. The number of rotatable bonds is 11. The number of allylic oxidation sites excluding steroid dienone is 1. The molecule has 3 aromatic carbocycles. The Kier molecular flexibility index (Phi) is 8.27. The van der Waals surface area contributed by atoms with Crippen molar-refractivity contribution in [2.24, 2.45) is 0 Å². The average molecular weight is 428 g/mol. The molecule has 2 atom stereocenters. The summed E-state index contributed by atoms with van der Waals surface area (Å²) in [5.74, 6) is 0. The van der Waals surface area contributed by atoms with E-state index in [4.69, 9.17) is 4.74 Å². The van der Waals surface area contributed by atoms with Crippen LogP contribution in [-0.2, 0) is 24.4 Å². The van der Waals surface area contributed by atoms with Crippen molar-refractivity contribution >= 4 is 0 Å². The molecule has 0 unspecified atom stereocenters. The lowest BCUT2D eigenvalue weighted by molar-refractivity contribution is -0.0104. The summed E-state index contributed by atoms with van der Waals surface area (Å²) >= 11 is 0. The van der Waals surface area contributed by atoms with Crippen molar-refractivity contribution in [2.45, 2.75) is 51.1 Å². The van der Waals surface area contributed by atoms with Gasteiger partial charge >= 0.3 is 0 Å². The minimum Gasteiger partial charge on any atom is -0.387 e. The topological polar surface area (TPSA) is 32.7 Å². The molecule has 0 bridgehead atoms. The molecule has 1 aliphatic rings. The van der Waals surface area contributed by atoms with Crippen LogP contribution >= 0.6 is 0 Å². The molecule has 32 heavy (non-hydrogen) atoms. The Hall–Kier alpha value is -2.72. The van der Waals surface area contributed by atoms with E-state index in [1.807, 2.05) is 30.3 Å². The van der Waals surface area contributed by atoms with E-state index >= 15 is 0 Å². The van der Waals surface area contributed by atoms with Crippen LogP contribution in [0.25, 0.3) is 0 Å². The van der Waals surface area contributed by atoms with Gasteiger partial charge in [-0.3, -0.25) is 4.90 Å². The first-order valence-corrected chi connectivity index (χ1v) is 11.6. The highest BCUT2D eigenvalue weighted by Crippen LogP contribution is 2.27. The fourth-order valence-corrected chi connectivity index (χ4v) is 4.41.